The Bertz CT molecular complexity index is 914. The molecule has 21 heavy (non-hydrogen) atoms. The van der Waals surface area contributed by atoms with Crippen LogP contribution < -0.4 is 4.72 Å². The molecule has 3 aromatic rings. The van der Waals surface area contributed by atoms with Crippen LogP contribution in [0.3, 0.4) is 0 Å². The lowest BCUT2D eigenvalue weighted by molar-refractivity contribution is 0.601. The van der Waals surface area contributed by atoms with Crippen LogP contribution in [0.25, 0.3) is 10.9 Å². The van der Waals surface area contributed by atoms with E-state index in [1.54, 1.807) is 30.5 Å². The number of aromatic nitrogens is 2. The highest BCUT2D eigenvalue weighted by molar-refractivity contribution is 7.92. The van der Waals surface area contributed by atoms with Crippen LogP contribution in [0.1, 0.15) is 11.1 Å². The predicted molar refractivity (Wildman–Crippen MR) is 82.8 cm³/mol. The monoisotopic (exact) mass is 301 g/mol. The molecule has 0 aliphatic rings. The summed E-state index contributed by atoms with van der Waals surface area (Å²) in [5, 5.41) is 7.67. The molecule has 0 saturated carbocycles. The van der Waals surface area contributed by atoms with Crippen molar-refractivity contribution >= 4 is 26.6 Å². The Hall–Kier alpha value is -2.34. The minimum absolute atomic E-state index is 0.260. The van der Waals surface area contributed by atoms with Gasteiger partial charge in [-0.3, -0.25) is 9.82 Å². The number of hydrogen-bond donors (Lipinski definition) is 2. The smallest absolute Gasteiger partial charge is 0.261 e. The first kappa shape index (κ1) is 13.6. The highest BCUT2D eigenvalue weighted by Gasteiger charge is 2.15. The number of rotatable bonds is 3. The Morgan fingerprint density at radius 2 is 1.86 bits per heavy atom. The summed E-state index contributed by atoms with van der Waals surface area (Å²) in [6, 6.07) is 10.3. The van der Waals surface area contributed by atoms with Gasteiger partial charge in [0.2, 0.25) is 0 Å². The van der Waals surface area contributed by atoms with E-state index in [2.05, 4.69) is 14.9 Å². The quantitative estimate of drug-likeness (QED) is 0.781. The highest BCUT2D eigenvalue weighted by atomic mass is 32.2. The van der Waals surface area contributed by atoms with E-state index in [4.69, 9.17) is 0 Å². The average Bonchev–Trinajstić information content (AvgIpc) is 2.88. The topological polar surface area (TPSA) is 74.8 Å². The Labute approximate surface area is 123 Å². The van der Waals surface area contributed by atoms with Gasteiger partial charge < -0.3 is 0 Å². The first-order chi connectivity index (χ1) is 9.95. The Morgan fingerprint density at radius 1 is 1.05 bits per heavy atom. The van der Waals surface area contributed by atoms with E-state index in [-0.39, 0.29) is 4.90 Å². The maximum atomic E-state index is 12.4. The molecule has 1 heterocycles. The number of hydrogen-bond acceptors (Lipinski definition) is 3. The number of aryl methyl sites for hydroxylation is 2. The maximum absolute atomic E-state index is 12.4. The van der Waals surface area contributed by atoms with E-state index in [1.807, 2.05) is 26.0 Å². The zero-order chi connectivity index (χ0) is 15.0. The van der Waals surface area contributed by atoms with Gasteiger partial charge in [-0.25, -0.2) is 8.42 Å². The van der Waals surface area contributed by atoms with Gasteiger partial charge in [0.1, 0.15) is 0 Å². The fraction of sp³-hybridized carbons (Fsp3) is 0.133. The molecule has 0 radical (unpaired) electrons. The van der Waals surface area contributed by atoms with Gasteiger partial charge in [-0.05, 0) is 55.3 Å². The van der Waals surface area contributed by atoms with Crippen molar-refractivity contribution in [1.82, 2.24) is 10.2 Å². The van der Waals surface area contributed by atoms with Crippen LogP contribution in [0, 0.1) is 13.8 Å². The minimum atomic E-state index is -3.59. The molecule has 3 rings (SSSR count). The van der Waals surface area contributed by atoms with Crippen molar-refractivity contribution in [1.29, 1.82) is 0 Å². The molecular formula is C15H15N3O2S. The first-order valence-electron chi connectivity index (χ1n) is 6.49. The van der Waals surface area contributed by atoms with Crippen LogP contribution in [0.2, 0.25) is 0 Å². The van der Waals surface area contributed by atoms with Crippen molar-refractivity contribution in [2.24, 2.45) is 0 Å². The molecule has 0 bridgehead atoms. The van der Waals surface area contributed by atoms with Gasteiger partial charge in [0.15, 0.2) is 0 Å². The van der Waals surface area contributed by atoms with Crippen molar-refractivity contribution in [3.8, 4) is 0 Å². The lowest BCUT2D eigenvalue weighted by atomic mass is 10.1. The summed E-state index contributed by atoms with van der Waals surface area (Å²) < 4.78 is 27.4. The molecule has 0 amide bonds. The number of anilines is 1. The van der Waals surface area contributed by atoms with Crippen molar-refractivity contribution in [3.05, 3.63) is 53.7 Å². The van der Waals surface area contributed by atoms with Crippen molar-refractivity contribution in [3.63, 3.8) is 0 Å². The molecule has 108 valence electrons. The lowest BCUT2D eigenvalue weighted by Gasteiger charge is -2.09. The molecule has 6 heteroatoms. The second kappa shape index (κ2) is 4.89. The third kappa shape index (κ3) is 2.62. The summed E-state index contributed by atoms with van der Waals surface area (Å²) in [5.41, 5.74) is 3.30. The zero-order valence-electron chi connectivity index (χ0n) is 11.7. The van der Waals surface area contributed by atoms with Crippen LogP contribution in [0.15, 0.2) is 47.5 Å². The number of fused-ring (bicyclic) bond motifs is 1. The van der Waals surface area contributed by atoms with E-state index in [9.17, 15) is 8.42 Å². The van der Waals surface area contributed by atoms with Gasteiger partial charge in [-0.15, -0.1) is 0 Å². The number of nitrogens with zero attached hydrogens (tertiary/aromatic N) is 1. The second-order valence-electron chi connectivity index (χ2n) is 5.02. The van der Waals surface area contributed by atoms with E-state index in [1.165, 1.54) is 0 Å². The summed E-state index contributed by atoms with van der Waals surface area (Å²) in [4.78, 5) is 0.260. The molecule has 0 aliphatic carbocycles. The summed E-state index contributed by atoms with van der Waals surface area (Å²) in [5.74, 6) is 0. The number of benzene rings is 2. The SMILES string of the molecule is Cc1ccc(S(=O)(=O)Nc2ccc3cn[nH]c3c2)cc1C. The summed E-state index contributed by atoms with van der Waals surface area (Å²) >= 11 is 0. The number of sulfonamides is 1. The molecule has 0 fully saturated rings. The largest absolute Gasteiger partial charge is 0.280 e. The van der Waals surface area contributed by atoms with Crippen LogP contribution in [0.5, 0.6) is 0 Å². The molecular weight excluding hydrogens is 286 g/mol. The number of H-pyrrole nitrogens is 1. The highest BCUT2D eigenvalue weighted by Crippen LogP contribution is 2.21. The van der Waals surface area contributed by atoms with Gasteiger partial charge in [0, 0.05) is 5.39 Å². The van der Waals surface area contributed by atoms with Crippen molar-refractivity contribution in [2.75, 3.05) is 4.72 Å². The molecule has 0 atom stereocenters. The van der Waals surface area contributed by atoms with Crippen LogP contribution in [0.4, 0.5) is 5.69 Å². The standard InChI is InChI=1S/C15H15N3O2S/c1-10-3-6-14(7-11(10)2)21(19,20)18-13-5-4-12-9-16-17-15(12)8-13/h3-9,18H,1-2H3,(H,16,17). The second-order valence-corrected chi connectivity index (χ2v) is 6.71. The molecule has 2 N–H and O–H groups in total. The van der Waals surface area contributed by atoms with Crippen LogP contribution >= 0.6 is 0 Å². The third-order valence-electron chi connectivity index (χ3n) is 3.48. The summed E-state index contributed by atoms with van der Waals surface area (Å²) in [6.07, 6.45) is 1.69. The van der Waals surface area contributed by atoms with Gasteiger partial charge in [0.05, 0.1) is 22.3 Å². The fourth-order valence-corrected chi connectivity index (χ4v) is 3.23. The normalized spacial score (nSPS) is 11.7. The van der Waals surface area contributed by atoms with Crippen molar-refractivity contribution in [2.45, 2.75) is 18.7 Å². The first-order valence-corrected chi connectivity index (χ1v) is 7.97. The Kier molecular flexibility index (Phi) is 3.17. The Balaban J connectivity index is 1.96. The van der Waals surface area contributed by atoms with Gasteiger partial charge in [-0.2, -0.15) is 5.10 Å². The Morgan fingerprint density at radius 3 is 2.62 bits per heavy atom. The van der Waals surface area contributed by atoms with E-state index < -0.39 is 10.0 Å². The van der Waals surface area contributed by atoms with Crippen LogP contribution in [-0.4, -0.2) is 18.6 Å². The average molecular weight is 301 g/mol. The zero-order valence-corrected chi connectivity index (χ0v) is 12.5. The summed E-state index contributed by atoms with van der Waals surface area (Å²) in [6.45, 7) is 3.84. The molecule has 1 aromatic heterocycles. The number of aromatic amines is 1. The van der Waals surface area contributed by atoms with E-state index in [0.717, 1.165) is 22.0 Å². The minimum Gasteiger partial charge on any atom is -0.280 e. The van der Waals surface area contributed by atoms with E-state index in [0.29, 0.717) is 5.69 Å². The van der Waals surface area contributed by atoms with E-state index >= 15 is 0 Å². The van der Waals surface area contributed by atoms with Gasteiger partial charge in [-0.1, -0.05) is 6.07 Å². The lowest BCUT2D eigenvalue weighted by Crippen LogP contribution is -2.13. The molecule has 0 spiro atoms. The molecule has 0 aliphatic heterocycles. The third-order valence-corrected chi connectivity index (χ3v) is 4.86. The maximum Gasteiger partial charge on any atom is 0.261 e. The molecule has 0 unspecified atom stereocenters. The summed E-state index contributed by atoms with van der Waals surface area (Å²) in [7, 11) is -3.59. The molecule has 5 nitrogen and oxygen atoms in total. The predicted octanol–water partition coefficient (Wildman–Crippen LogP) is 2.98. The molecule has 0 saturated heterocycles. The van der Waals surface area contributed by atoms with Crippen molar-refractivity contribution < 1.29 is 8.42 Å². The fourth-order valence-electron chi connectivity index (χ4n) is 2.10. The van der Waals surface area contributed by atoms with Gasteiger partial charge >= 0.3 is 0 Å². The van der Waals surface area contributed by atoms with Crippen LogP contribution in [-0.2, 0) is 10.0 Å². The number of nitrogens with one attached hydrogen (secondary N) is 2. The molecule has 2 aromatic carbocycles. The van der Waals surface area contributed by atoms with Gasteiger partial charge in [0.25, 0.3) is 10.0 Å².